The Hall–Kier alpha value is -0.870. The molecule has 136 valence electrons. The molecule has 0 bridgehead atoms. The highest BCUT2D eigenvalue weighted by Gasteiger charge is 2.29. The van der Waals surface area contributed by atoms with Gasteiger partial charge in [0, 0.05) is 18.3 Å². The number of aryl methyl sites for hydroxylation is 1. The molecule has 1 fully saturated rings. The Balaban J connectivity index is 0.00000288. The van der Waals surface area contributed by atoms with Crippen molar-refractivity contribution in [1.82, 2.24) is 4.72 Å². The van der Waals surface area contributed by atoms with E-state index in [2.05, 4.69) is 34.1 Å². The minimum atomic E-state index is -3.18. The largest absolute Gasteiger partial charge is 0.370 e. The second kappa shape index (κ2) is 9.57. The average Bonchev–Trinajstić information content (AvgIpc) is 2.91. The summed E-state index contributed by atoms with van der Waals surface area (Å²) in [6, 6.07) is 8.03. The summed E-state index contributed by atoms with van der Waals surface area (Å²) in [7, 11) is -3.18. The number of hydrogen-bond acceptors (Lipinski definition) is 3. The van der Waals surface area contributed by atoms with E-state index in [1.54, 1.807) is 0 Å². The number of nitrogens with zero attached hydrogens (tertiary/aromatic N) is 1. The van der Waals surface area contributed by atoms with Crippen molar-refractivity contribution < 1.29 is 8.42 Å². The van der Waals surface area contributed by atoms with Crippen molar-refractivity contribution in [3.8, 4) is 0 Å². The van der Waals surface area contributed by atoms with E-state index in [1.807, 2.05) is 12.1 Å². The summed E-state index contributed by atoms with van der Waals surface area (Å²) in [6.07, 6.45) is 5.04. The topological polar surface area (TPSA) is 96.6 Å². The molecule has 8 heteroatoms. The zero-order chi connectivity index (χ0) is 16.9. The molecule has 1 aromatic rings. The van der Waals surface area contributed by atoms with Gasteiger partial charge in [0.1, 0.15) is 0 Å². The van der Waals surface area contributed by atoms with Gasteiger partial charge in [-0.3, -0.25) is 4.99 Å². The Labute approximate surface area is 161 Å². The van der Waals surface area contributed by atoms with E-state index in [9.17, 15) is 8.42 Å². The highest BCUT2D eigenvalue weighted by Crippen LogP contribution is 2.26. The van der Waals surface area contributed by atoms with Crippen molar-refractivity contribution >= 4 is 45.6 Å². The normalized spacial score (nSPS) is 21.3. The molecule has 2 atom stereocenters. The number of hydrogen-bond donors (Lipinski definition) is 3. The van der Waals surface area contributed by atoms with Crippen LogP contribution in [0.3, 0.4) is 0 Å². The van der Waals surface area contributed by atoms with Gasteiger partial charge in [0.05, 0.1) is 6.26 Å². The van der Waals surface area contributed by atoms with Crippen LogP contribution >= 0.6 is 24.0 Å². The van der Waals surface area contributed by atoms with Crippen molar-refractivity contribution in [1.29, 1.82) is 0 Å². The lowest BCUT2D eigenvalue weighted by molar-refractivity contribution is 0.455. The van der Waals surface area contributed by atoms with E-state index < -0.39 is 10.0 Å². The van der Waals surface area contributed by atoms with Crippen molar-refractivity contribution in [2.45, 2.75) is 38.6 Å². The fourth-order valence-corrected chi connectivity index (χ4v) is 3.77. The third-order valence-electron chi connectivity index (χ3n) is 4.16. The van der Waals surface area contributed by atoms with Gasteiger partial charge in [0.25, 0.3) is 0 Å². The Morgan fingerprint density at radius 3 is 2.54 bits per heavy atom. The second-order valence-corrected chi connectivity index (χ2v) is 7.87. The van der Waals surface area contributed by atoms with Gasteiger partial charge in [-0.25, -0.2) is 13.1 Å². The van der Waals surface area contributed by atoms with E-state index in [4.69, 9.17) is 5.73 Å². The van der Waals surface area contributed by atoms with Gasteiger partial charge in [-0.05, 0) is 42.9 Å². The zero-order valence-corrected chi connectivity index (χ0v) is 17.3. The molecule has 2 rings (SSSR count). The summed E-state index contributed by atoms with van der Waals surface area (Å²) in [4.78, 5) is 4.37. The first-order chi connectivity index (χ1) is 10.9. The van der Waals surface area contributed by atoms with Crippen molar-refractivity contribution in [2.24, 2.45) is 16.6 Å². The molecule has 0 saturated heterocycles. The Bertz CT molecular complexity index is 647. The smallest absolute Gasteiger partial charge is 0.208 e. The summed E-state index contributed by atoms with van der Waals surface area (Å²) in [6.45, 7) is 2.64. The number of rotatable bonds is 6. The van der Waals surface area contributed by atoms with Gasteiger partial charge in [-0.15, -0.1) is 24.0 Å². The molecule has 6 nitrogen and oxygen atoms in total. The molecule has 0 heterocycles. The number of nitrogens with two attached hydrogens (primary N) is 1. The maximum atomic E-state index is 11.4. The van der Waals surface area contributed by atoms with Crippen LogP contribution < -0.4 is 15.8 Å². The standard InChI is InChI=1S/C16H26N4O2S.HI/c1-3-12-7-9-14(10-8-12)19-16(17)18-11-13-5-4-6-15(13)20-23(2,21)22;/h7-10,13,15,20H,3-6,11H2,1-2H3,(H3,17,18,19);1H. The van der Waals surface area contributed by atoms with E-state index in [1.165, 1.54) is 11.8 Å². The van der Waals surface area contributed by atoms with Crippen LogP contribution in [-0.2, 0) is 16.4 Å². The minimum Gasteiger partial charge on any atom is -0.370 e. The van der Waals surface area contributed by atoms with Crippen LogP contribution in [0, 0.1) is 5.92 Å². The summed E-state index contributed by atoms with van der Waals surface area (Å²) >= 11 is 0. The van der Waals surface area contributed by atoms with Gasteiger partial charge in [-0.2, -0.15) is 0 Å². The van der Waals surface area contributed by atoms with Crippen LogP contribution in [0.15, 0.2) is 29.3 Å². The maximum absolute atomic E-state index is 11.4. The van der Waals surface area contributed by atoms with Crippen LogP contribution in [0.1, 0.15) is 31.7 Å². The van der Waals surface area contributed by atoms with Crippen molar-refractivity contribution in [2.75, 3.05) is 18.1 Å². The number of sulfonamides is 1. The predicted octanol–water partition coefficient (Wildman–Crippen LogP) is 2.31. The quantitative estimate of drug-likeness (QED) is 0.341. The third kappa shape index (κ3) is 6.94. The molecular formula is C16H27IN4O2S. The van der Waals surface area contributed by atoms with E-state index in [0.717, 1.165) is 31.4 Å². The molecule has 1 aliphatic carbocycles. The number of benzene rings is 1. The monoisotopic (exact) mass is 466 g/mol. The predicted molar refractivity (Wildman–Crippen MR) is 110 cm³/mol. The first-order valence-electron chi connectivity index (χ1n) is 8.00. The first kappa shape index (κ1) is 21.2. The fourth-order valence-electron chi connectivity index (χ4n) is 2.91. The maximum Gasteiger partial charge on any atom is 0.208 e. The summed E-state index contributed by atoms with van der Waals surface area (Å²) < 4.78 is 25.5. The molecule has 0 radical (unpaired) electrons. The van der Waals surface area contributed by atoms with Gasteiger partial charge in [-0.1, -0.05) is 25.5 Å². The molecule has 0 aromatic heterocycles. The van der Waals surface area contributed by atoms with Crippen LogP contribution in [0.25, 0.3) is 0 Å². The third-order valence-corrected chi connectivity index (χ3v) is 4.89. The Morgan fingerprint density at radius 1 is 1.29 bits per heavy atom. The van der Waals surface area contributed by atoms with Gasteiger partial charge in [0.15, 0.2) is 5.96 Å². The number of aliphatic imine (C=N–C) groups is 1. The molecular weight excluding hydrogens is 439 g/mol. The van der Waals surface area contributed by atoms with Gasteiger partial charge >= 0.3 is 0 Å². The van der Waals surface area contributed by atoms with Crippen LogP contribution in [0.5, 0.6) is 0 Å². The Kier molecular flexibility index (Phi) is 8.44. The summed E-state index contributed by atoms with van der Waals surface area (Å²) in [5.41, 5.74) is 8.10. The fraction of sp³-hybridized carbons (Fsp3) is 0.562. The first-order valence-corrected chi connectivity index (χ1v) is 9.89. The molecule has 1 aliphatic rings. The number of halogens is 1. The minimum absolute atomic E-state index is 0. The van der Waals surface area contributed by atoms with Gasteiger partial charge in [0.2, 0.25) is 10.0 Å². The molecule has 1 aromatic carbocycles. The number of anilines is 1. The SMILES string of the molecule is CCc1ccc(NC(N)=NCC2CCCC2NS(C)(=O)=O)cc1.I. The van der Waals surface area contributed by atoms with Crippen molar-refractivity contribution in [3.63, 3.8) is 0 Å². The second-order valence-electron chi connectivity index (χ2n) is 6.09. The lowest BCUT2D eigenvalue weighted by Crippen LogP contribution is -2.38. The molecule has 2 unspecified atom stereocenters. The zero-order valence-electron chi connectivity index (χ0n) is 14.2. The van der Waals surface area contributed by atoms with Gasteiger partial charge < -0.3 is 11.1 Å². The van der Waals surface area contributed by atoms with E-state index >= 15 is 0 Å². The summed E-state index contributed by atoms with van der Waals surface area (Å²) in [5, 5.41) is 3.07. The molecule has 0 amide bonds. The molecule has 24 heavy (non-hydrogen) atoms. The molecule has 1 saturated carbocycles. The number of nitrogens with one attached hydrogen (secondary N) is 2. The number of guanidine groups is 1. The average molecular weight is 466 g/mol. The lowest BCUT2D eigenvalue weighted by Gasteiger charge is -2.18. The lowest BCUT2D eigenvalue weighted by atomic mass is 10.1. The molecule has 0 aliphatic heterocycles. The summed E-state index contributed by atoms with van der Waals surface area (Å²) in [5.74, 6) is 0.562. The molecule has 0 spiro atoms. The van der Waals surface area contributed by atoms with E-state index in [-0.39, 0.29) is 35.9 Å². The van der Waals surface area contributed by atoms with Crippen LogP contribution in [0.2, 0.25) is 0 Å². The highest BCUT2D eigenvalue weighted by atomic mass is 127. The van der Waals surface area contributed by atoms with E-state index in [0.29, 0.717) is 12.5 Å². The highest BCUT2D eigenvalue weighted by molar-refractivity contribution is 14.0. The van der Waals surface area contributed by atoms with Crippen molar-refractivity contribution in [3.05, 3.63) is 29.8 Å². The van der Waals surface area contributed by atoms with Crippen LogP contribution in [0.4, 0.5) is 5.69 Å². The van der Waals surface area contributed by atoms with Crippen LogP contribution in [-0.4, -0.2) is 33.2 Å². The molecule has 4 N–H and O–H groups in total. The Morgan fingerprint density at radius 2 is 1.96 bits per heavy atom.